The van der Waals surface area contributed by atoms with E-state index in [1.165, 1.54) is 0 Å². The minimum absolute atomic E-state index is 0.00769. The normalized spacial score (nSPS) is 20.8. The number of likely N-dealkylation sites (tertiary alicyclic amines) is 1. The molecule has 0 radical (unpaired) electrons. The van der Waals surface area contributed by atoms with Crippen molar-refractivity contribution in [1.82, 2.24) is 15.1 Å². The molecule has 2 heterocycles. The van der Waals surface area contributed by atoms with Gasteiger partial charge in [-0.05, 0) is 20.3 Å². The number of rotatable bonds is 3. The van der Waals surface area contributed by atoms with Crippen LogP contribution in [0.15, 0.2) is 0 Å². The van der Waals surface area contributed by atoms with E-state index in [1.54, 1.807) is 0 Å². The molecule has 1 aromatic rings. The van der Waals surface area contributed by atoms with E-state index in [4.69, 9.17) is 5.73 Å². The first-order chi connectivity index (χ1) is 8.06. The maximum Gasteiger partial charge on any atom is 0.238 e. The highest BCUT2D eigenvalue weighted by molar-refractivity contribution is 5.93. The second-order valence-electron chi connectivity index (χ2n) is 4.64. The van der Waals surface area contributed by atoms with Gasteiger partial charge in [-0.2, -0.15) is 5.10 Å². The standard InChI is InChI=1S/C11H19N5O/c1-7-11(8(2)15-14-7)13-10(17)6-16-4-3-9(12)5-16/h9H,3-6,12H2,1-2H3,(H,13,17)(H,14,15). The average molecular weight is 237 g/mol. The Kier molecular flexibility index (Phi) is 3.44. The predicted molar refractivity (Wildman–Crippen MR) is 65.7 cm³/mol. The molecule has 1 unspecified atom stereocenters. The Balaban J connectivity index is 1.89. The summed E-state index contributed by atoms with van der Waals surface area (Å²) in [5.74, 6) is -0.00769. The highest BCUT2D eigenvalue weighted by atomic mass is 16.2. The summed E-state index contributed by atoms with van der Waals surface area (Å²) >= 11 is 0. The van der Waals surface area contributed by atoms with E-state index in [9.17, 15) is 4.79 Å². The van der Waals surface area contributed by atoms with Gasteiger partial charge in [0, 0.05) is 19.1 Å². The van der Waals surface area contributed by atoms with E-state index in [2.05, 4.69) is 20.4 Å². The summed E-state index contributed by atoms with van der Waals surface area (Å²) in [4.78, 5) is 13.9. The van der Waals surface area contributed by atoms with Crippen molar-refractivity contribution in [3.8, 4) is 0 Å². The van der Waals surface area contributed by atoms with Gasteiger partial charge < -0.3 is 11.1 Å². The number of hydrogen-bond acceptors (Lipinski definition) is 4. The lowest BCUT2D eigenvalue weighted by atomic mass is 10.3. The van der Waals surface area contributed by atoms with Crippen molar-refractivity contribution in [2.75, 3.05) is 25.0 Å². The second-order valence-corrected chi connectivity index (χ2v) is 4.64. The molecule has 6 heteroatoms. The molecule has 1 atom stereocenters. The summed E-state index contributed by atoms with van der Waals surface area (Å²) in [5.41, 5.74) is 8.28. The number of aryl methyl sites for hydroxylation is 2. The molecule has 0 spiro atoms. The highest BCUT2D eigenvalue weighted by Gasteiger charge is 2.21. The Hall–Kier alpha value is -1.40. The molecule has 1 fully saturated rings. The molecule has 4 N–H and O–H groups in total. The summed E-state index contributed by atoms with van der Waals surface area (Å²) in [5, 5.41) is 9.77. The lowest BCUT2D eigenvalue weighted by Crippen LogP contribution is -2.33. The maximum absolute atomic E-state index is 11.8. The number of nitrogens with zero attached hydrogens (tertiary/aromatic N) is 2. The molecule has 1 saturated heterocycles. The van der Waals surface area contributed by atoms with Crippen molar-refractivity contribution >= 4 is 11.6 Å². The second kappa shape index (κ2) is 4.85. The molecule has 0 aromatic carbocycles. The van der Waals surface area contributed by atoms with Crippen LogP contribution < -0.4 is 11.1 Å². The smallest absolute Gasteiger partial charge is 0.238 e. The van der Waals surface area contributed by atoms with Crippen LogP contribution in [0.3, 0.4) is 0 Å². The van der Waals surface area contributed by atoms with E-state index in [0.717, 1.165) is 36.6 Å². The van der Waals surface area contributed by atoms with E-state index in [0.29, 0.717) is 6.54 Å². The number of carbonyl (C=O) groups is 1. The quantitative estimate of drug-likeness (QED) is 0.690. The number of amides is 1. The monoisotopic (exact) mass is 237 g/mol. The predicted octanol–water partition coefficient (Wildman–Crippen LogP) is -0.00196. The lowest BCUT2D eigenvalue weighted by molar-refractivity contribution is -0.117. The van der Waals surface area contributed by atoms with Crippen LogP contribution in [0.25, 0.3) is 0 Å². The summed E-state index contributed by atoms with van der Waals surface area (Å²) in [6, 6.07) is 0.209. The summed E-state index contributed by atoms with van der Waals surface area (Å²) in [6.07, 6.45) is 0.969. The largest absolute Gasteiger partial charge is 0.326 e. The molecule has 2 rings (SSSR count). The minimum atomic E-state index is -0.00769. The molecule has 0 aliphatic carbocycles. The fraction of sp³-hybridized carbons (Fsp3) is 0.636. The fourth-order valence-electron chi connectivity index (χ4n) is 2.12. The van der Waals surface area contributed by atoms with Gasteiger partial charge >= 0.3 is 0 Å². The molecule has 94 valence electrons. The summed E-state index contributed by atoms with van der Waals surface area (Å²) in [7, 11) is 0. The fourth-order valence-corrected chi connectivity index (χ4v) is 2.12. The van der Waals surface area contributed by atoms with Gasteiger partial charge in [-0.1, -0.05) is 0 Å². The first kappa shape index (κ1) is 12.1. The molecule has 1 aliphatic heterocycles. The van der Waals surface area contributed by atoms with E-state index in [-0.39, 0.29) is 11.9 Å². The van der Waals surface area contributed by atoms with Crippen molar-refractivity contribution in [3.05, 3.63) is 11.4 Å². The zero-order chi connectivity index (χ0) is 12.4. The van der Waals surface area contributed by atoms with E-state index >= 15 is 0 Å². The Morgan fingerprint density at radius 1 is 1.65 bits per heavy atom. The maximum atomic E-state index is 11.8. The first-order valence-electron chi connectivity index (χ1n) is 5.85. The zero-order valence-corrected chi connectivity index (χ0v) is 10.3. The Morgan fingerprint density at radius 3 is 2.94 bits per heavy atom. The topological polar surface area (TPSA) is 87.0 Å². The van der Waals surface area contributed by atoms with Gasteiger partial charge in [-0.15, -0.1) is 0 Å². The molecule has 1 aromatic heterocycles. The number of aromatic amines is 1. The number of anilines is 1. The van der Waals surface area contributed by atoms with Crippen LogP contribution >= 0.6 is 0 Å². The molecule has 6 nitrogen and oxygen atoms in total. The van der Waals surface area contributed by atoms with Crippen LogP contribution in [-0.2, 0) is 4.79 Å². The number of hydrogen-bond donors (Lipinski definition) is 3. The third-order valence-corrected chi connectivity index (χ3v) is 3.07. The van der Waals surface area contributed by atoms with Crippen LogP contribution in [0.5, 0.6) is 0 Å². The first-order valence-corrected chi connectivity index (χ1v) is 5.85. The van der Waals surface area contributed by atoms with Gasteiger partial charge in [0.1, 0.15) is 0 Å². The SMILES string of the molecule is Cc1n[nH]c(C)c1NC(=O)CN1CCC(N)C1. The number of carbonyl (C=O) groups excluding carboxylic acids is 1. The third kappa shape index (κ3) is 2.83. The Morgan fingerprint density at radius 2 is 2.41 bits per heavy atom. The number of aromatic nitrogens is 2. The molecule has 0 saturated carbocycles. The van der Waals surface area contributed by atoms with Crippen LogP contribution in [-0.4, -0.2) is 46.7 Å². The number of H-pyrrole nitrogens is 1. The molecule has 17 heavy (non-hydrogen) atoms. The lowest BCUT2D eigenvalue weighted by Gasteiger charge is -2.14. The third-order valence-electron chi connectivity index (χ3n) is 3.07. The average Bonchev–Trinajstić information content (AvgIpc) is 2.79. The molecule has 1 aliphatic rings. The van der Waals surface area contributed by atoms with Crippen molar-refractivity contribution in [3.63, 3.8) is 0 Å². The van der Waals surface area contributed by atoms with Crippen LogP contribution in [0.4, 0.5) is 5.69 Å². The molecule has 0 bridgehead atoms. The molecular formula is C11H19N5O. The summed E-state index contributed by atoms with van der Waals surface area (Å²) in [6.45, 7) is 5.86. The Labute approximate surface area is 101 Å². The van der Waals surface area contributed by atoms with Crippen LogP contribution in [0.1, 0.15) is 17.8 Å². The van der Waals surface area contributed by atoms with Crippen LogP contribution in [0, 0.1) is 13.8 Å². The van der Waals surface area contributed by atoms with E-state index < -0.39 is 0 Å². The van der Waals surface area contributed by atoms with Gasteiger partial charge in [0.05, 0.1) is 23.6 Å². The van der Waals surface area contributed by atoms with Gasteiger partial charge in [0.15, 0.2) is 0 Å². The van der Waals surface area contributed by atoms with Crippen molar-refractivity contribution in [2.45, 2.75) is 26.3 Å². The van der Waals surface area contributed by atoms with Crippen molar-refractivity contribution in [2.24, 2.45) is 5.73 Å². The molecular weight excluding hydrogens is 218 g/mol. The van der Waals surface area contributed by atoms with Crippen molar-refractivity contribution in [1.29, 1.82) is 0 Å². The van der Waals surface area contributed by atoms with Crippen LogP contribution in [0.2, 0.25) is 0 Å². The Bertz CT molecular complexity index is 394. The highest BCUT2D eigenvalue weighted by Crippen LogP contribution is 2.16. The van der Waals surface area contributed by atoms with Gasteiger partial charge in [-0.25, -0.2) is 0 Å². The number of nitrogens with one attached hydrogen (secondary N) is 2. The summed E-state index contributed by atoms with van der Waals surface area (Å²) < 4.78 is 0. The minimum Gasteiger partial charge on any atom is -0.326 e. The van der Waals surface area contributed by atoms with Crippen molar-refractivity contribution < 1.29 is 4.79 Å². The van der Waals surface area contributed by atoms with Gasteiger partial charge in [0.25, 0.3) is 0 Å². The molecule has 1 amide bonds. The van der Waals surface area contributed by atoms with Gasteiger partial charge in [-0.3, -0.25) is 14.8 Å². The van der Waals surface area contributed by atoms with Gasteiger partial charge in [0.2, 0.25) is 5.91 Å². The van der Waals surface area contributed by atoms with E-state index in [1.807, 2.05) is 13.8 Å². The number of nitrogens with two attached hydrogens (primary N) is 1. The zero-order valence-electron chi connectivity index (χ0n) is 10.3.